The Morgan fingerprint density at radius 3 is 2.29 bits per heavy atom. The molecular formula is C27H35N3O3S. The maximum atomic E-state index is 13.3. The molecule has 2 saturated heterocycles. The number of amides is 1. The Morgan fingerprint density at radius 1 is 0.824 bits per heavy atom. The van der Waals surface area contributed by atoms with Crippen LogP contribution in [0.2, 0.25) is 0 Å². The molecule has 2 fully saturated rings. The summed E-state index contributed by atoms with van der Waals surface area (Å²) in [6.07, 6.45) is 9.01. The molecule has 2 aromatic rings. The lowest BCUT2D eigenvalue weighted by Gasteiger charge is -2.32. The highest BCUT2D eigenvalue weighted by Crippen LogP contribution is 2.31. The summed E-state index contributed by atoms with van der Waals surface area (Å²) in [6, 6.07) is 13.6. The zero-order valence-corrected chi connectivity index (χ0v) is 20.7. The summed E-state index contributed by atoms with van der Waals surface area (Å²) in [7, 11) is -3.53. The first-order chi connectivity index (χ1) is 16.5. The smallest absolute Gasteiger partial charge is 0.243 e. The Labute approximate surface area is 203 Å². The van der Waals surface area contributed by atoms with Crippen molar-refractivity contribution in [2.45, 2.75) is 62.7 Å². The van der Waals surface area contributed by atoms with E-state index in [4.69, 9.17) is 0 Å². The van der Waals surface area contributed by atoms with Gasteiger partial charge in [0.15, 0.2) is 0 Å². The first kappa shape index (κ1) is 23.4. The fourth-order valence-electron chi connectivity index (χ4n) is 5.60. The predicted molar refractivity (Wildman–Crippen MR) is 136 cm³/mol. The molecule has 182 valence electrons. The van der Waals surface area contributed by atoms with Gasteiger partial charge in [-0.1, -0.05) is 18.2 Å². The van der Waals surface area contributed by atoms with Crippen LogP contribution >= 0.6 is 0 Å². The molecule has 2 aliphatic heterocycles. The topological polar surface area (TPSA) is 69.7 Å². The largest absolute Gasteiger partial charge is 0.370 e. The fraction of sp³-hybridized carbons (Fsp3) is 0.519. The van der Waals surface area contributed by atoms with E-state index in [0.717, 1.165) is 43.7 Å². The predicted octanol–water partition coefficient (Wildman–Crippen LogP) is 4.60. The van der Waals surface area contributed by atoms with Crippen molar-refractivity contribution < 1.29 is 13.2 Å². The van der Waals surface area contributed by atoms with Crippen LogP contribution in [0.1, 0.15) is 56.1 Å². The number of nitrogens with zero attached hydrogens (tertiary/aromatic N) is 2. The van der Waals surface area contributed by atoms with Crippen LogP contribution in [0.25, 0.3) is 0 Å². The zero-order chi connectivity index (χ0) is 23.5. The van der Waals surface area contributed by atoms with E-state index in [1.807, 2.05) is 30.3 Å². The second-order valence-electron chi connectivity index (χ2n) is 9.87. The van der Waals surface area contributed by atoms with Gasteiger partial charge in [0.25, 0.3) is 0 Å². The molecule has 0 bridgehead atoms. The van der Waals surface area contributed by atoms with Gasteiger partial charge in [0, 0.05) is 32.1 Å². The van der Waals surface area contributed by atoms with Crippen molar-refractivity contribution in [2.24, 2.45) is 5.92 Å². The van der Waals surface area contributed by atoms with E-state index in [1.165, 1.54) is 36.8 Å². The van der Waals surface area contributed by atoms with Gasteiger partial charge in [-0.05, 0) is 93.2 Å². The number of hydrogen-bond acceptors (Lipinski definition) is 4. The van der Waals surface area contributed by atoms with Crippen molar-refractivity contribution in [3.63, 3.8) is 0 Å². The highest BCUT2D eigenvalue weighted by molar-refractivity contribution is 7.89. The van der Waals surface area contributed by atoms with Crippen LogP contribution in [0.15, 0.2) is 47.4 Å². The number of carbonyl (C=O) groups is 1. The Balaban J connectivity index is 1.22. The third kappa shape index (κ3) is 4.86. The normalized spacial score (nSPS) is 20.1. The molecule has 0 radical (unpaired) electrons. The van der Waals surface area contributed by atoms with Crippen LogP contribution in [-0.4, -0.2) is 44.8 Å². The van der Waals surface area contributed by atoms with E-state index < -0.39 is 10.0 Å². The molecule has 1 amide bonds. The van der Waals surface area contributed by atoms with Crippen molar-refractivity contribution in [3.05, 3.63) is 53.6 Å². The number of nitrogens with one attached hydrogen (secondary N) is 1. The number of aryl methyl sites for hydroxylation is 2. The van der Waals surface area contributed by atoms with Gasteiger partial charge < -0.3 is 10.2 Å². The molecule has 0 aromatic heterocycles. The highest BCUT2D eigenvalue weighted by atomic mass is 32.2. The second-order valence-corrected chi connectivity index (χ2v) is 11.8. The molecule has 0 saturated carbocycles. The molecule has 5 rings (SSSR count). The van der Waals surface area contributed by atoms with E-state index in [1.54, 1.807) is 10.4 Å². The summed E-state index contributed by atoms with van der Waals surface area (Å²) >= 11 is 0. The quantitative estimate of drug-likeness (QED) is 0.678. The summed E-state index contributed by atoms with van der Waals surface area (Å²) in [5.41, 5.74) is 4.40. The van der Waals surface area contributed by atoms with Gasteiger partial charge in [0.2, 0.25) is 15.9 Å². The minimum atomic E-state index is -3.53. The molecule has 2 heterocycles. The van der Waals surface area contributed by atoms with Crippen LogP contribution in [0.4, 0.5) is 11.4 Å². The molecule has 0 atom stereocenters. The van der Waals surface area contributed by atoms with Crippen LogP contribution in [0, 0.1) is 5.92 Å². The number of para-hydroxylation sites is 2. The molecule has 3 aliphatic rings. The third-order valence-corrected chi connectivity index (χ3v) is 9.54. The number of benzene rings is 2. The molecule has 2 aromatic carbocycles. The van der Waals surface area contributed by atoms with Gasteiger partial charge in [-0.3, -0.25) is 4.79 Å². The maximum absolute atomic E-state index is 13.3. The molecule has 34 heavy (non-hydrogen) atoms. The molecule has 1 N–H and O–H groups in total. The van der Waals surface area contributed by atoms with Crippen LogP contribution in [0.5, 0.6) is 0 Å². The molecule has 7 heteroatoms. The third-order valence-electron chi connectivity index (χ3n) is 7.64. The van der Waals surface area contributed by atoms with Crippen molar-refractivity contribution in [2.75, 3.05) is 36.4 Å². The highest BCUT2D eigenvalue weighted by Gasteiger charge is 2.33. The zero-order valence-electron chi connectivity index (χ0n) is 19.8. The van der Waals surface area contributed by atoms with Gasteiger partial charge in [-0.15, -0.1) is 0 Å². The van der Waals surface area contributed by atoms with Gasteiger partial charge >= 0.3 is 0 Å². The Morgan fingerprint density at radius 2 is 1.53 bits per heavy atom. The molecule has 1 aliphatic carbocycles. The van der Waals surface area contributed by atoms with E-state index in [-0.39, 0.29) is 11.8 Å². The van der Waals surface area contributed by atoms with Crippen molar-refractivity contribution in [3.8, 4) is 0 Å². The Hall–Kier alpha value is -2.38. The van der Waals surface area contributed by atoms with Crippen LogP contribution in [-0.2, 0) is 27.7 Å². The van der Waals surface area contributed by atoms with Crippen molar-refractivity contribution >= 4 is 27.3 Å². The second kappa shape index (κ2) is 10.1. The minimum Gasteiger partial charge on any atom is -0.370 e. The molecular weight excluding hydrogens is 446 g/mol. The lowest BCUT2D eigenvalue weighted by Crippen LogP contribution is -2.41. The summed E-state index contributed by atoms with van der Waals surface area (Å²) in [5, 5.41) is 3.15. The Kier molecular flexibility index (Phi) is 6.93. The summed E-state index contributed by atoms with van der Waals surface area (Å²) in [4.78, 5) is 15.8. The van der Waals surface area contributed by atoms with E-state index in [0.29, 0.717) is 30.8 Å². The number of piperidine rings is 2. The SMILES string of the molecule is O=C(Nc1ccccc1N1CCCCC1)C1CCN(S(=O)(=O)c2ccc3c(c2)CCCC3)CC1. The van der Waals surface area contributed by atoms with Crippen LogP contribution in [0.3, 0.4) is 0 Å². The summed E-state index contributed by atoms with van der Waals surface area (Å²) < 4.78 is 28.1. The number of fused-ring (bicyclic) bond motifs is 1. The lowest BCUT2D eigenvalue weighted by atomic mass is 9.92. The van der Waals surface area contributed by atoms with Gasteiger partial charge in [0.05, 0.1) is 16.3 Å². The van der Waals surface area contributed by atoms with E-state index >= 15 is 0 Å². The number of carbonyl (C=O) groups excluding carboxylic acids is 1. The monoisotopic (exact) mass is 481 g/mol. The van der Waals surface area contributed by atoms with Crippen LogP contribution < -0.4 is 10.2 Å². The van der Waals surface area contributed by atoms with Gasteiger partial charge in [-0.2, -0.15) is 4.31 Å². The van der Waals surface area contributed by atoms with E-state index in [9.17, 15) is 13.2 Å². The minimum absolute atomic E-state index is 0.00436. The maximum Gasteiger partial charge on any atom is 0.243 e. The Bertz CT molecular complexity index is 1130. The number of sulfonamides is 1. The number of rotatable bonds is 5. The average molecular weight is 482 g/mol. The molecule has 6 nitrogen and oxygen atoms in total. The van der Waals surface area contributed by atoms with Gasteiger partial charge in [-0.25, -0.2) is 8.42 Å². The summed E-state index contributed by atoms with van der Waals surface area (Å²) in [5.74, 6) is -0.181. The van der Waals surface area contributed by atoms with Gasteiger partial charge in [0.1, 0.15) is 0 Å². The standard InChI is InChI=1S/C27H35N3O3S/c31-27(28-25-10-4-5-11-26(25)29-16-6-1-7-17-29)22-14-18-30(19-15-22)34(32,33)24-13-12-21-8-2-3-9-23(21)20-24/h4-5,10-13,20,22H,1-3,6-9,14-19H2,(H,28,31). The molecule has 0 spiro atoms. The summed E-state index contributed by atoms with van der Waals surface area (Å²) in [6.45, 7) is 2.80. The first-order valence-corrected chi connectivity index (χ1v) is 14.2. The van der Waals surface area contributed by atoms with E-state index in [2.05, 4.69) is 16.3 Å². The average Bonchev–Trinajstić information content (AvgIpc) is 2.89. The number of anilines is 2. The number of hydrogen-bond donors (Lipinski definition) is 1. The first-order valence-electron chi connectivity index (χ1n) is 12.8. The van der Waals surface area contributed by atoms with Crippen molar-refractivity contribution in [1.29, 1.82) is 0 Å². The van der Waals surface area contributed by atoms with Crippen molar-refractivity contribution in [1.82, 2.24) is 4.31 Å². The lowest BCUT2D eigenvalue weighted by molar-refractivity contribution is -0.120. The molecule has 0 unspecified atom stereocenters. The fourth-order valence-corrected chi connectivity index (χ4v) is 7.12.